The second-order valence-electron chi connectivity index (χ2n) is 5.80. The first-order valence-electron chi connectivity index (χ1n) is 7.35. The molecule has 2 aromatic carbocycles. The molecule has 1 atom stereocenters. The molecule has 1 unspecified atom stereocenters. The van der Waals surface area contributed by atoms with Crippen LogP contribution in [-0.4, -0.2) is 12.2 Å². The first-order valence-corrected chi connectivity index (χ1v) is 7.35. The molecule has 110 valence electrons. The monoisotopic (exact) mass is 283 g/mol. The van der Waals surface area contributed by atoms with Gasteiger partial charge < -0.3 is 15.6 Å². The van der Waals surface area contributed by atoms with Crippen LogP contribution in [0.4, 0.5) is 5.69 Å². The number of aryl methyl sites for hydroxylation is 2. The third kappa shape index (κ3) is 2.74. The van der Waals surface area contributed by atoms with E-state index in [1.165, 1.54) is 11.1 Å². The lowest BCUT2D eigenvalue weighted by Gasteiger charge is -2.24. The molecule has 21 heavy (non-hydrogen) atoms. The summed E-state index contributed by atoms with van der Waals surface area (Å²) in [4.78, 5) is 0. The van der Waals surface area contributed by atoms with Crippen LogP contribution in [0.1, 0.15) is 29.5 Å². The van der Waals surface area contributed by atoms with E-state index in [9.17, 15) is 5.11 Å². The molecular formula is C18H21NO2. The Morgan fingerprint density at radius 2 is 1.95 bits per heavy atom. The van der Waals surface area contributed by atoms with Gasteiger partial charge in [0.25, 0.3) is 0 Å². The van der Waals surface area contributed by atoms with Crippen LogP contribution in [0.25, 0.3) is 0 Å². The van der Waals surface area contributed by atoms with Gasteiger partial charge in [-0.05, 0) is 66.6 Å². The Bertz CT molecular complexity index is 636. The summed E-state index contributed by atoms with van der Waals surface area (Å²) in [6.45, 7) is 0. The maximum absolute atomic E-state index is 10.9. The molecule has 0 aromatic heterocycles. The van der Waals surface area contributed by atoms with Gasteiger partial charge in [-0.15, -0.1) is 0 Å². The summed E-state index contributed by atoms with van der Waals surface area (Å²) in [5, 5.41) is 10.9. The fourth-order valence-corrected chi connectivity index (χ4v) is 3.15. The minimum absolute atomic E-state index is 0.719. The molecule has 0 saturated carbocycles. The van der Waals surface area contributed by atoms with E-state index in [2.05, 4.69) is 12.1 Å². The Kier molecular flexibility index (Phi) is 3.60. The molecule has 0 radical (unpaired) electrons. The first kappa shape index (κ1) is 14.0. The number of aliphatic hydroxyl groups is 1. The Morgan fingerprint density at radius 3 is 2.67 bits per heavy atom. The average molecular weight is 283 g/mol. The van der Waals surface area contributed by atoms with E-state index in [0.717, 1.165) is 42.7 Å². The highest BCUT2D eigenvalue weighted by atomic mass is 16.5. The summed E-state index contributed by atoms with van der Waals surface area (Å²) < 4.78 is 5.16. The van der Waals surface area contributed by atoms with E-state index < -0.39 is 5.60 Å². The fourth-order valence-electron chi connectivity index (χ4n) is 3.15. The SMILES string of the molecule is COc1ccc(CCC2(O)CCc3cc(N)ccc32)cc1. The van der Waals surface area contributed by atoms with Gasteiger partial charge in [-0.3, -0.25) is 0 Å². The quantitative estimate of drug-likeness (QED) is 0.848. The zero-order chi connectivity index (χ0) is 14.9. The summed E-state index contributed by atoms with van der Waals surface area (Å²) in [7, 11) is 1.67. The van der Waals surface area contributed by atoms with Gasteiger partial charge in [0.05, 0.1) is 12.7 Å². The molecule has 2 aromatic rings. The molecule has 3 nitrogen and oxygen atoms in total. The number of ether oxygens (including phenoxy) is 1. The van der Waals surface area contributed by atoms with Crippen LogP contribution in [0.3, 0.4) is 0 Å². The highest BCUT2D eigenvalue weighted by Crippen LogP contribution is 2.40. The molecular weight excluding hydrogens is 262 g/mol. The normalized spacial score (nSPS) is 20.3. The van der Waals surface area contributed by atoms with E-state index in [1.807, 2.05) is 30.3 Å². The molecule has 0 spiro atoms. The molecule has 3 heteroatoms. The number of rotatable bonds is 4. The summed E-state index contributed by atoms with van der Waals surface area (Å²) in [6.07, 6.45) is 3.27. The van der Waals surface area contributed by atoms with Gasteiger partial charge >= 0.3 is 0 Å². The van der Waals surface area contributed by atoms with Crippen LogP contribution in [0.5, 0.6) is 5.75 Å². The Morgan fingerprint density at radius 1 is 1.19 bits per heavy atom. The summed E-state index contributed by atoms with van der Waals surface area (Å²) >= 11 is 0. The van der Waals surface area contributed by atoms with Crippen LogP contribution in [0, 0.1) is 0 Å². The standard InChI is InChI=1S/C18H21NO2/c1-21-16-5-2-13(3-6-16)8-10-18(20)11-9-14-12-15(19)4-7-17(14)18/h2-7,12,20H,8-11,19H2,1H3. The number of anilines is 1. The van der Waals surface area contributed by atoms with Crippen molar-refractivity contribution < 1.29 is 9.84 Å². The minimum Gasteiger partial charge on any atom is -0.497 e. The van der Waals surface area contributed by atoms with E-state index in [4.69, 9.17) is 10.5 Å². The highest BCUT2D eigenvalue weighted by Gasteiger charge is 2.36. The van der Waals surface area contributed by atoms with Crippen molar-refractivity contribution in [1.29, 1.82) is 0 Å². The number of hydrogen-bond donors (Lipinski definition) is 2. The molecule has 1 aliphatic carbocycles. The van der Waals surface area contributed by atoms with E-state index in [0.29, 0.717) is 0 Å². The fraction of sp³-hybridized carbons (Fsp3) is 0.333. The van der Waals surface area contributed by atoms with Crippen molar-refractivity contribution in [2.24, 2.45) is 0 Å². The molecule has 0 fully saturated rings. The van der Waals surface area contributed by atoms with E-state index in [1.54, 1.807) is 7.11 Å². The van der Waals surface area contributed by atoms with Crippen molar-refractivity contribution in [3.8, 4) is 5.75 Å². The predicted octanol–water partition coefficient (Wildman–Crippen LogP) is 3.04. The van der Waals surface area contributed by atoms with Crippen LogP contribution in [0.15, 0.2) is 42.5 Å². The molecule has 0 heterocycles. The van der Waals surface area contributed by atoms with Crippen LogP contribution < -0.4 is 10.5 Å². The smallest absolute Gasteiger partial charge is 0.118 e. The van der Waals surface area contributed by atoms with Crippen LogP contribution in [-0.2, 0) is 18.4 Å². The number of fused-ring (bicyclic) bond motifs is 1. The first-order chi connectivity index (χ1) is 10.1. The maximum Gasteiger partial charge on any atom is 0.118 e. The summed E-state index contributed by atoms with van der Waals surface area (Å²) in [6, 6.07) is 13.9. The van der Waals surface area contributed by atoms with E-state index >= 15 is 0 Å². The minimum atomic E-state index is -0.719. The molecule has 0 amide bonds. The van der Waals surface area contributed by atoms with Gasteiger partial charge in [-0.2, -0.15) is 0 Å². The third-order valence-electron chi connectivity index (χ3n) is 4.42. The lowest BCUT2D eigenvalue weighted by molar-refractivity contribution is 0.0297. The van der Waals surface area contributed by atoms with Gasteiger partial charge in [0.1, 0.15) is 5.75 Å². The third-order valence-corrected chi connectivity index (χ3v) is 4.42. The van der Waals surface area contributed by atoms with Gasteiger partial charge in [0, 0.05) is 5.69 Å². The van der Waals surface area contributed by atoms with Crippen LogP contribution in [0.2, 0.25) is 0 Å². The van der Waals surface area contributed by atoms with E-state index in [-0.39, 0.29) is 0 Å². The zero-order valence-electron chi connectivity index (χ0n) is 12.3. The second-order valence-corrected chi connectivity index (χ2v) is 5.80. The molecule has 0 aliphatic heterocycles. The molecule has 0 bridgehead atoms. The predicted molar refractivity (Wildman–Crippen MR) is 84.4 cm³/mol. The van der Waals surface area contributed by atoms with Crippen molar-refractivity contribution in [2.45, 2.75) is 31.3 Å². The average Bonchev–Trinajstić information content (AvgIpc) is 2.83. The summed E-state index contributed by atoms with van der Waals surface area (Å²) in [5.74, 6) is 0.860. The van der Waals surface area contributed by atoms with Gasteiger partial charge in [0.15, 0.2) is 0 Å². The summed E-state index contributed by atoms with van der Waals surface area (Å²) in [5.41, 5.74) is 9.32. The molecule has 1 aliphatic rings. The van der Waals surface area contributed by atoms with Gasteiger partial charge in [-0.1, -0.05) is 18.2 Å². The highest BCUT2D eigenvalue weighted by molar-refractivity contribution is 5.49. The number of benzene rings is 2. The van der Waals surface area contributed by atoms with Gasteiger partial charge in [0.2, 0.25) is 0 Å². The Hall–Kier alpha value is -2.00. The van der Waals surface area contributed by atoms with Crippen molar-refractivity contribution in [3.63, 3.8) is 0 Å². The van der Waals surface area contributed by atoms with Crippen LogP contribution >= 0.6 is 0 Å². The number of nitrogens with two attached hydrogens (primary N) is 1. The maximum atomic E-state index is 10.9. The molecule has 3 N–H and O–H groups in total. The molecule has 3 rings (SSSR count). The van der Waals surface area contributed by atoms with Crippen molar-refractivity contribution >= 4 is 5.69 Å². The van der Waals surface area contributed by atoms with Gasteiger partial charge in [-0.25, -0.2) is 0 Å². The topological polar surface area (TPSA) is 55.5 Å². The van der Waals surface area contributed by atoms with Crippen molar-refractivity contribution in [1.82, 2.24) is 0 Å². The number of nitrogen functional groups attached to an aromatic ring is 1. The zero-order valence-corrected chi connectivity index (χ0v) is 12.3. The Balaban J connectivity index is 1.73. The number of hydrogen-bond acceptors (Lipinski definition) is 3. The second kappa shape index (κ2) is 5.41. The lowest BCUT2D eigenvalue weighted by atomic mass is 9.89. The largest absolute Gasteiger partial charge is 0.497 e. The Labute approximate surface area is 125 Å². The number of methoxy groups -OCH3 is 1. The lowest BCUT2D eigenvalue weighted by Crippen LogP contribution is -2.23. The van der Waals surface area contributed by atoms with Crippen molar-refractivity contribution in [2.75, 3.05) is 12.8 Å². The molecule has 0 saturated heterocycles. The van der Waals surface area contributed by atoms with Crippen molar-refractivity contribution in [3.05, 3.63) is 59.2 Å².